The quantitative estimate of drug-likeness (QED) is 0.591. The fourth-order valence-corrected chi connectivity index (χ4v) is 4.29. The molecule has 0 bridgehead atoms. The van der Waals surface area contributed by atoms with Crippen molar-refractivity contribution in [3.8, 4) is 0 Å². The summed E-state index contributed by atoms with van der Waals surface area (Å²) in [4.78, 5) is 32.8. The minimum atomic E-state index is -4.23. The summed E-state index contributed by atoms with van der Waals surface area (Å²) in [6.45, 7) is 3.33. The smallest absolute Gasteiger partial charge is 0.258 e. The van der Waals surface area contributed by atoms with Crippen LogP contribution in [0.2, 0.25) is 0 Å². The molecule has 1 atom stereocenters. The van der Waals surface area contributed by atoms with E-state index in [4.69, 9.17) is 0 Å². The third-order valence-corrected chi connectivity index (χ3v) is 6.10. The molecule has 3 rings (SSSR count). The second kappa shape index (κ2) is 8.72. The van der Waals surface area contributed by atoms with Crippen LogP contribution in [-0.4, -0.2) is 41.8 Å². The molecule has 1 aromatic heterocycles. The highest BCUT2D eigenvalue weighted by molar-refractivity contribution is 7.89. The number of sulfonamides is 1. The first-order valence-corrected chi connectivity index (χ1v) is 10.7. The molecule has 2 N–H and O–H groups in total. The van der Waals surface area contributed by atoms with Crippen LogP contribution in [0.4, 0.5) is 4.39 Å². The second-order valence-corrected chi connectivity index (χ2v) is 8.34. The molecule has 0 saturated heterocycles. The highest BCUT2D eigenvalue weighted by atomic mass is 32.2. The van der Waals surface area contributed by atoms with Crippen molar-refractivity contribution >= 4 is 26.8 Å². The molecule has 0 aliphatic heterocycles. The number of hydrogen-bond donors (Lipinski definition) is 2. The highest BCUT2D eigenvalue weighted by Crippen LogP contribution is 2.14. The van der Waals surface area contributed by atoms with E-state index in [0.717, 1.165) is 12.1 Å². The number of amides is 1. The predicted molar refractivity (Wildman–Crippen MR) is 110 cm³/mol. The maximum atomic E-state index is 13.9. The van der Waals surface area contributed by atoms with Gasteiger partial charge in [0.15, 0.2) is 0 Å². The lowest BCUT2D eigenvalue weighted by Gasteiger charge is -2.24. The van der Waals surface area contributed by atoms with Crippen LogP contribution in [0.5, 0.6) is 0 Å². The molecule has 158 valence electrons. The van der Waals surface area contributed by atoms with E-state index in [1.165, 1.54) is 24.0 Å². The van der Waals surface area contributed by atoms with Gasteiger partial charge in [0.05, 0.1) is 23.5 Å². The second-order valence-electron chi connectivity index (χ2n) is 6.66. The number of carbonyl (C=O) groups is 1. The monoisotopic (exact) mass is 432 g/mol. The molecule has 1 heterocycles. The van der Waals surface area contributed by atoms with Gasteiger partial charge in [0.25, 0.3) is 5.56 Å². The Morgan fingerprint density at radius 2 is 1.87 bits per heavy atom. The number of benzene rings is 2. The average molecular weight is 432 g/mol. The lowest BCUT2D eigenvalue weighted by atomic mass is 10.2. The molecule has 3 aromatic rings. The lowest BCUT2D eigenvalue weighted by molar-refractivity contribution is -0.133. The predicted octanol–water partition coefficient (Wildman–Crippen LogP) is 1.78. The van der Waals surface area contributed by atoms with Crippen molar-refractivity contribution in [3.05, 3.63) is 70.5 Å². The van der Waals surface area contributed by atoms with Crippen LogP contribution in [0.3, 0.4) is 0 Å². The fraction of sp³-hybridized carbons (Fsp3) is 0.250. The maximum absolute atomic E-state index is 13.9. The maximum Gasteiger partial charge on any atom is 0.258 e. The van der Waals surface area contributed by atoms with Crippen molar-refractivity contribution in [2.45, 2.75) is 31.3 Å². The Bertz CT molecular complexity index is 1240. The summed E-state index contributed by atoms with van der Waals surface area (Å²) in [6.07, 6.45) is 0. The zero-order valence-electron chi connectivity index (χ0n) is 16.4. The number of rotatable bonds is 7. The summed E-state index contributed by atoms with van der Waals surface area (Å²) in [7, 11) is -4.23. The third kappa shape index (κ3) is 4.55. The summed E-state index contributed by atoms with van der Waals surface area (Å²) in [5.41, 5.74) is 0.167. The van der Waals surface area contributed by atoms with Gasteiger partial charge >= 0.3 is 0 Å². The molecule has 8 nitrogen and oxygen atoms in total. The Morgan fingerprint density at radius 3 is 2.57 bits per heavy atom. The molecule has 0 fully saturated rings. The minimum Gasteiger partial charge on any atom is -0.334 e. The molecule has 0 radical (unpaired) electrons. The molecule has 0 saturated carbocycles. The summed E-state index contributed by atoms with van der Waals surface area (Å²) < 4.78 is 41.0. The fourth-order valence-electron chi connectivity index (χ4n) is 3.02. The molecule has 1 amide bonds. The minimum absolute atomic E-state index is 0.0127. The van der Waals surface area contributed by atoms with E-state index in [2.05, 4.69) is 14.7 Å². The highest BCUT2D eigenvalue weighted by Gasteiger charge is 2.27. The van der Waals surface area contributed by atoms with E-state index in [1.54, 1.807) is 31.2 Å². The summed E-state index contributed by atoms with van der Waals surface area (Å²) >= 11 is 0. The van der Waals surface area contributed by atoms with Gasteiger partial charge in [-0.05, 0) is 38.1 Å². The Hall–Kier alpha value is -3.11. The van der Waals surface area contributed by atoms with Gasteiger partial charge in [-0.25, -0.2) is 17.8 Å². The molecular weight excluding hydrogens is 411 g/mol. The molecule has 0 aliphatic rings. The van der Waals surface area contributed by atoms with E-state index in [-0.39, 0.29) is 24.5 Å². The van der Waals surface area contributed by atoms with E-state index < -0.39 is 32.7 Å². The molecule has 0 aliphatic carbocycles. The number of H-pyrrole nitrogens is 1. The summed E-state index contributed by atoms with van der Waals surface area (Å²) in [5.74, 6) is -1.17. The topological polar surface area (TPSA) is 112 Å². The zero-order valence-corrected chi connectivity index (χ0v) is 17.2. The van der Waals surface area contributed by atoms with Crippen LogP contribution >= 0.6 is 0 Å². The lowest BCUT2D eigenvalue weighted by Crippen LogP contribution is -2.47. The van der Waals surface area contributed by atoms with E-state index in [9.17, 15) is 22.4 Å². The van der Waals surface area contributed by atoms with Crippen molar-refractivity contribution in [1.29, 1.82) is 0 Å². The van der Waals surface area contributed by atoms with Crippen molar-refractivity contribution in [1.82, 2.24) is 19.6 Å². The molecule has 30 heavy (non-hydrogen) atoms. The number of halogens is 1. The van der Waals surface area contributed by atoms with Crippen LogP contribution in [0.1, 0.15) is 19.7 Å². The molecule has 0 spiro atoms. The first kappa shape index (κ1) is 21.6. The SMILES string of the molecule is CCN(Cc1nc2ccccc2c(=O)[nH]1)C(=O)[C@H](C)NS(=O)(=O)c1ccccc1F. The first-order chi connectivity index (χ1) is 14.2. The van der Waals surface area contributed by atoms with Crippen LogP contribution < -0.4 is 10.3 Å². The number of hydrogen-bond acceptors (Lipinski definition) is 5. The summed E-state index contributed by atoms with van der Waals surface area (Å²) in [5, 5.41) is 0.432. The number of fused-ring (bicyclic) bond motifs is 1. The van der Waals surface area contributed by atoms with Crippen LogP contribution in [0, 0.1) is 5.82 Å². The van der Waals surface area contributed by atoms with E-state index >= 15 is 0 Å². The number of aromatic nitrogens is 2. The standard InChI is InChI=1S/C20H21FN4O4S/c1-3-25(12-18-22-16-10-6-4-8-14(16)19(26)23-18)20(27)13(2)24-30(28,29)17-11-7-5-9-15(17)21/h4-11,13,24H,3,12H2,1-2H3,(H,22,23,26)/t13-/m0/s1. The summed E-state index contributed by atoms with van der Waals surface area (Å²) in [6, 6.07) is 10.6. The van der Waals surface area contributed by atoms with Gasteiger partial charge in [0, 0.05) is 6.54 Å². The van der Waals surface area contributed by atoms with Crippen molar-refractivity contribution < 1.29 is 17.6 Å². The van der Waals surface area contributed by atoms with Crippen molar-refractivity contribution in [3.63, 3.8) is 0 Å². The van der Waals surface area contributed by atoms with Gasteiger partial charge in [-0.3, -0.25) is 9.59 Å². The van der Waals surface area contributed by atoms with Crippen LogP contribution in [0.15, 0.2) is 58.2 Å². The van der Waals surface area contributed by atoms with Crippen LogP contribution in [0.25, 0.3) is 10.9 Å². The van der Waals surface area contributed by atoms with Gasteiger partial charge in [-0.2, -0.15) is 4.72 Å². The Kier molecular flexibility index (Phi) is 6.28. The Labute approximate surface area is 172 Å². The zero-order chi connectivity index (χ0) is 21.9. The number of nitrogens with one attached hydrogen (secondary N) is 2. The van der Waals surface area contributed by atoms with E-state index in [0.29, 0.717) is 10.9 Å². The number of carbonyl (C=O) groups excluding carboxylic acids is 1. The first-order valence-electron chi connectivity index (χ1n) is 9.26. The number of para-hydroxylation sites is 1. The average Bonchev–Trinajstić information content (AvgIpc) is 2.71. The Balaban J connectivity index is 1.79. The van der Waals surface area contributed by atoms with Gasteiger partial charge < -0.3 is 9.88 Å². The molecule has 2 aromatic carbocycles. The van der Waals surface area contributed by atoms with Crippen LogP contribution in [-0.2, 0) is 21.4 Å². The number of nitrogens with zero attached hydrogens (tertiary/aromatic N) is 2. The number of aromatic amines is 1. The van der Waals surface area contributed by atoms with Crippen molar-refractivity contribution in [2.24, 2.45) is 0 Å². The molecule has 10 heteroatoms. The molecule has 0 unspecified atom stereocenters. The van der Waals surface area contributed by atoms with Gasteiger partial charge in [0.1, 0.15) is 16.5 Å². The van der Waals surface area contributed by atoms with Gasteiger partial charge in [-0.1, -0.05) is 24.3 Å². The Morgan fingerprint density at radius 1 is 1.20 bits per heavy atom. The van der Waals surface area contributed by atoms with Gasteiger partial charge in [0.2, 0.25) is 15.9 Å². The van der Waals surface area contributed by atoms with Crippen molar-refractivity contribution in [2.75, 3.05) is 6.54 Å². The third-order valence-electron chi connectivity index (χ3n) is 4.52. The largest absolute Gasteiger partial charge is 0.334 e. The van der Waals surface area contributed by atoms with Gasteiger partial charge in [-0.15, -0.1) is 0 Å². The normalized spacial score (nSPS) is 12.6. The molecular formula is C20H21FN4O4S. The number of likely N-dealkylation sites (N-methyl/N-ethyl adjacent to an activating group) is 1. The van der Waals surface area contributed by atoms with E-state index in [1.807, 2.05) is 0 Å².